The molecule has 0 saturated carbocycles. The van der Waals surface area contributed by atoms with E-state index in [9.17, 15) is 0 Å². The highest BCUT2D eigenvalue weighted by Gasteiger charge is 2.04. The fourth-order valence-corrected chi connectivity index (χ4v) is 5.14. The van der Waals surface area contributed by atoms with E-state index in [-0.39, 0.29) is 0 Å². The first-order valence-corrected chi connectivity index (χ1v) is 20.2. The Kier molecular flexibility index (Phi) is 43.7. The van der Waals surface area contributed by atoms with Crippen LogP contribution in [-0.2, 0) is 10.4 Å². The summed E-state index contributed by atoms with van der Waals surface area (Å²) >= 11 is 0. The summed E-state index contributed by atoms with van der Waals surface area (Å²) in [5.74, 6) is 0. The van der Waals surface area contributed by atoms with E-state index in [4.69, 9.17) is 17.5 Å². The highest BCUT2D eigenvalue weighted by atomic mass is 32.3. The quantitative estimate of drug-likeness (QED) is 0.0603. The van der Waals surface area contributed by atoms with Crippen LogP contribution in [0.4, 0.5) is 0 Å². The molecule has 0 aromatic heterocycles. The molecule has 264 valence electrons. The Morgan fingerprint density at radius 1 is 0.326 bits per heavy atom. The predicted octanol–water partition coefficient (Wildman–Crippen LogP) is 11.4. The van der Waals surface area contributed by atoms with Gasteiger partial charge in [-0.05, 0) is 77.8 Å². The SMILES string of the molecule is CCCCCCCCCCN(CCCC)CCCC.CCCCCCCCCCN(CCCC)CCCC.O=S(=O)(O)O. The van der Waals surface area contributed by atoms with Gasteiger partial charge in [-0.1, -0.05) is 157 Å². The molecule has 0 rings (SSSR count). The molecule has 0 bridgehead atoms. The largest absolute Gasteiger partial charge is 0.394 e. The van der Waals surface area contributed by atoms with Crippen molar-refractivity contribution in [2.75, 3.05) is 39.3 Å². The Morgan fingerprint density at radius 2 is 0.488 bits per heavy atom. The lowest BCUT2D eigenvalue weighted by molar-refractivity contribution is 0.259. The summed E-state index contributed by atoms with van der Waals surface area (Å²) in [6.07, 6.45) is 33.8. The fraction of sp³-hybridized carbons (Fsp3) is 1.00. The molecule has 0 saturated heterocycles. The maximum atomic E-state index is 8.74. The van der Waals surface area contributed by atoms with E-state index in [0.717, 1.165) is 0 Å². The molecule has 0 spiro atoms. The van der Waals surface area contributed by atoms with Gasteiger partial charge in [-0.25, -0.2) is 0 Å². The maximum Gasteiger partial charge on any atom is 0.394 e. The molecular formula is C36H80N2O4S. The first-order valence-electron chi connectivity index (χ1n) is 18.8. The monoisotopic (exact) mass is 637 g/mol. The molecule has 0 aromatic rings. The topological polar surface area (TPSA) is 81.1 Å². The molecule has 0 radical (unpaired) electrons. The zero-order valence-corrected chi connectivity index (χ0v) is 31.0. The number of nitrogens with zero attached hydrogens (tertiary/aromatic N) is 2. The number of hydrogen-bond donors (Lipinski definition) is 2. The average Bonchev–Trinajstić information content (AvgIpc) is 2.97. The zero-order valence-electron chi connectivity index (χ0n) is 30.2. The van der Waals surface area contributed by atoms with Crippen molar-refractivity contribution in [3.05, 3.63) is 0 Å². The highest BCUT2D eigenvalue weighted by molar-refractivity contribution is 7.79. The van der Waals surface area contributed by atoms with Gasteiger partial charge in [0.15, 0.2) is 0 Å². The minimum absolute atomic E-state index is 1.33. The molecule has 7 heteroatoms. The second-order valence-electron chi connectivity index (χ2n) is 12.5. The van der Waals surface area contributed by atoms with Crippen molar-refractivity contribution in [3.63, 3.8) is 0 Å². The lowest BCUT2D eigenvalue weighted by atomic mass is 10.1. The molecule has 0 unspecified atom stereocenters. The van der Waals surface area contributed by atoms with Crippen molar-refractivity contribution in [1.82, 2.24) is 9.80 Å². The van der Waals surface area contributed by atoms with E-state index in [1.807, 2.05) is 0 Å². The normalized spacial score (nSPS) is 11.4. The summed E-state index contributed by atoms with van der Waals surface area (Å²) in [4.78, 5) is 5.40. The molecule has 0 aliphatic rings. The first kappa shape index (κ1) is 47.2. The van der Waals surface area contributed by atoms with E-state index < -0.39 is 10.4 Å². The smallest absolute Gasteiger partial charge is 0.303 e. The third-order valence-corrected chi connectivity index (χ3v) is 7.97. The van der Waals surface area contributed by atoms with E-state index >= 15 is 0 Å². The molecular weight excluding hydrogens is 556 g/mol. The van der Waals surface area contributed by atoms with Crippen molar-refractivity contribution in [2.45, 2.75) is 196 Å². The lowest BCUT2D eigenvalue weighted by Crippen LogP contribution is -2.27. The Hall–Kier alpha value is -0.210. The van der Waals surface area contributed by atoms with Crippen molar-refractivity contribution in [2.24, 2.45) is 0 Å². The van der Waals surface area contributed by atoms with Gasteiger partial charge < -0.3 is 9.80 Å². The Bertz CT molecular complexity index is 530. The van der Waals surface area contributed by atoms with Crippen LogP contribution in [0.15, 0.2) is 0 Å². The number of unbranched alkanes of at least 4 members (excludes halogenated alkanes) is 18. The van der Waals surface area contributed by atoms with Crippen LogP contribution in [0.5, 0.6) is 0 Å². The highest BCUT2D eigenvalue weighted by Crippen LogP contribution is 2.11. The average molecular weight is 637 g/mol. The maximum absolute atomic E-state index is 8.74. The van der Waals surface area contributed by atoms with Crippen molar-refractivity contribution in [3.8, 4) is 0 Å². The molecule has 0 aromatic carbocycles. The van der Waals surface area contributed by atoms with Crippen LogP contribution < -0.4 is 0 Å². The molecule has 6 nitrogen and oxygen atoms in total. The molecule has 0 fully saturated rings. The van der Waals surface area contributed by atoms with Crippen molar-refractivity contribution >= 4 is 10.4 Å². The standard InChI is InChI=1S/2C18H39N.H2O4S/c2*1-4-7-10-11-12-13-14-15-18-19(16-8-5-2)17-9-6-3;1-5(2,3)4/h2*4-18H2,1-3H3;(H2,1,2,3,4). The third kappa shape index (κ3) is 51.7. The van der Waals surface area contributed by atoms with Gasteiger partial charge in [0.25, 0.3) is 0 Å². The van der Waals surface area contributed by atoms with Gasteiger partial charge in [0.1, 0.15) is 0 Å². The third-order valence-electron chi connectivity index (χ3n) is 7.97. The van der Waals surface area contributed by atoms with Gasteiger partial charge in [0.2, 0.25) is 0 Å². The van der Waals surface area contributed by atoms with Gasteiger partial charge in [-0.15, -0.1) is 0 Å². The van der Waals surface area contributed by atoms with E-state index in [0.29, 0.717) is 0 Å². The van der Waals surface area contributed by atoms with Crippen LogP contribution in [0.2, 0.25) is 0 Å². The minimum atomic E-state index is -4.67. The number of rotatable bonds is 30. The van der Waals surface area contributed by atoms with Crippen LogP contribution >= 0.6 is 0 Å². The van der Waals surface area contributed by atoms with Crippen molar-refractivity contribution in [1.29, 1.82) is 0 Å². The Morgan fingerprint density at radius 3 is 0.698 bits per heavy atom. The van der Waals surface area contributed by atoms with Crippen LogP contribution in [0.3, 0.4) is 0 Å². The fourth-order valence-electron chi connectivity index (χ4n) is 5.14. The van der Waals surface area contributed by atoms with E-state index in [1.165, 1.54) is 193 Å². The zero-order chi connectivity index (χ0) is 32.9. The van der Waals surface area contributed by atoms with Crippen LogP contribution in [0.1, 0.15) is 196 Å². The molecule has 0 aliphatic carbocycles. The van der Waals surface area contributed by atoms with Gasteiger partial charge in [0, 0.05) is 0 Å². The Balaban J connectivity index is -0.000000642. The predicted molar refractivity (Wildman–Crippen MR) is 192 cm³/mol. The van der Waals surface area contributed by atoms with Gasteiger partial charge in [-0.3, -0.25) is 9.11 Å². The molecule has 0 amide bonds. The first-order chi connectivity index (χ1) is 20.7. The number of hydrogen-bond acceptors (Lipinski definition) is 4. The van der Waals surface area contributed by atoms with Crippen LogP contribution in [0.25, 0.3) is 0 Å². The molecule has 0 heterocycles. The summed E-state index contributed by atoms with van der Waals surface area (Å²) < 4.78 is 31.6. The van der Waals surface area contributed by atoms with Crippen LogP contribution in [0, 0.1) is 0 Å². The lowest BCUT2D eigenvalue weighted by Gasteiger charge is -2.21. The summed E-state index contributed by atoms with van der Waals surface area (Å²) in [6.45, 7) is 21.8. The molecule has 0 aliphatic heterocycles. The molecule has 0 atom stereocenters. The van der Waals surface area contributed by atoms with Crippen LogP contribution in [-0.4, -0.2) is 66.6 Å². The van der Waals surface area contributed by atoms with E-state index in [2.05, 4.69) is 51.3 Å². The van der Waals surface area contributed by atoms with Gasteiger partial charge in [-0.2, -0.15) is 8.42 Å². The second-order valence-corrected chi connectivity index (χ2v) is 13.4. The second kappa shape index (κ2) is 39.8. The van der Waals surface area contributed by atoms with E-state index in [1.54, 1.807) is 0 Å². The molecule has 2 N–H and O–H groups in total. The van der Waals surface area contributed by atoms with Crippen molar-refractivity contribution < 1.29 is 17.5 Å². The summed E-state index contributed by atoms with van der Waals surface area (Å²) in [6, 6.07) is 0. The van der Waals surface area contributed by atoms with Gasteiger partial charge >= 0.3 is 10.4 Å². The van der Waals surface area contributed by atoms with Gasteiger partial charge in [0.05, 0.1) is 0 Å². The summed E-state index contributed by atoms with van der Waals surface area (Å²) in [5, 5.41) is 0. The summed E-state index contributed by atoms with van der Waals surface area (Å²) in [5.41, 5.74) is 0. The Labute approximate surface area is 272 Å². The minimum Gasteiger partial charge on any atom is -0.303 e. The summed E-state index contributed by atoms with van der Waals surface area (Å²) in [7, 11) is -4.67. The molecule has 43 heavy (non-hydrogen) atoms.